The number of carboxylic acid groups (broad SMARTS) is 1. The summed E-state index contributed by atoms with van der Waals surface area (Å²) in [5.41, 5.74) is -0.943. The number of aromatic nitrogens is 3. The van der Waals surface area contributed by atoms with Crippen molar-refractivity contribution in [3.63, 3.8) is 0 Å². The molecule has 8 heteroatoms. The van der Waals surface area contributed by atoms with Gasteiger partial charge in [0.1, 0.15) is 12.0 Å². The number of nitrogens with zero attached hydrogens (tertiary/aromatic N) is 2. The SMILES string of the molecule is O=C(O)c1cccc2[nH]c(=O)c(=O)n(Cc3ccon3)c12. The van der Waals surface area contributed by atoms with E-state index in [1.807, 2.05) is 0 Å². The summed E-state index contributed by atoms with van der Waals surface area (Å²) in [6, 6.07) is 5.92. The molecule has 0 fully saturated rings. The Kier molecular flexibility index (Phi) is 2.90. The summed E-state index contributed by atoms with van der Waals surface area (Å²) in [6.07, 6.45) is 1.33. The average Bonchev–Trinajstić information content (AvgIpc) is 2.96. The average molecular weight is 287 g/mol. The van der Waals surface area contributed by atoms with Crippen LogP contribution in [0.15, 0.2) is 44.6 Å². The van der Waals surface area contributed by atoms with Crippen LogP contribution in [0.1, 0.15) is 16.1 Å². The van der Waals surface area contributed by atoms with Gasteiger partial charge in [-0.05, 0) is 12.1 Å². The largest absolute Gasteiger partial charge is 0.478 e. The summed E-state index contributed by atoms with van der Waals surface area (Å²) in [4.78, 5) is 37.4. The molecular weight excluding hydrogens is 278 g/mol. The van der Waals surface area contributed by atoms with Crippen molar-refractivity contribution in [3.8, 4) is 0 Å². The zero-order valence-corrected chi connectivity index (χ0v) is 10.6. The molecule has 2 aromatic heterocycles. The lowest BCUT2D eigenvalue weighted by atomic mass is 10.1. The van der Waals surface area contributed by atoms with Gasteiger partial charge in [-0.1, -0.05) is 11.2 Å². The van der Waals surface area contributed by atoms with Crippen molar-refractivity contribution in [1.82, 2.24) is 14.7 Å². The fraction of sp³-hybridized carbons (Fsp3) is 0.0769. The summed E-state index contributed by atoms with van der Waals surface area (Å²) >= 11 is 0. The summed E-state index contributed by atoms with van der Waals surface area (Å²) in [7, 11) is 0. The van der Waals surface area contributed by atoms with Crippen molar-refractivity contribution >= 4 is 17.0 Å². The quantitative estimate of drug-likeness (QED) is 0.674. The van der Waals surface area contributed by atoms with E-state index in [9.17, 15) is 19.5 Å². The Morgan fingerprint density at radius 2 is 2.14 bits per heavy atom. The first-order valence-corrected chi connectivity index (χ1v) is 5.96. The van der Waals surface area contributed by atoms with Gasteiger partial charge in [-0.3, -0.25) is 14.2 Å². The third-order valence-electron chi connectivity index (χ3n) is 3.04. The molecule has 0 aliphatic heterocycles. The van der Waals surface area contributed by atoms with Crippen LogP contribution in [-0.4, -0.2) is 25.8 Å². The molecule has 0 radical (unpaired) electrons. The number of benzene rings is 1. The van der Waals surface area contributed by atoms with E-state index >= 15 is 0 Å². The Labute approximate surface area is 116 Å². The van der Waals surface area contributed by atoms with Gasteiger partial charge < -0.3 is 14.6 Å². The molecule has 0 aliphatic rings. The van der Waals surface area contributed by atoms with Gasteiger partial charge in [0.05, 0.1) is 23.1 Å². The standard InChI is InChI=1S/C13H9N3O5/c17-11-12(18)16(6-7-4-5-21-15-7)10-8(13(19)20)2-1-3-9(10)14-11/h1-5H,6H2,(H,14,17)(H,19,20). The fourth-order valence-electron chi connectivity index (χ4n) is 2.14. The molecule has 0 atom stereocenters. The van der Waals surface area contributed by atoms with Crippen LogP contribution in [0.25, 0.3) is 11.0 Å². The van der Waals surface area contributed by atoms with Crippen LogP contribution in [0.5, 0.6) is 0 Å². The molecule has 8 nitrogen and oxygen atoms in total. The predicted molar refractivity (Wildman–Crippen MR) is 71.4 cm³/mol. The van der Waals surface area contributed by atoms with Gasteiger partial charge >= 0.3 is 17.1 Å². The van der Waals surface area contributed by atoms with E-state index in [0.29, 0.717) is 5.69 Å². The second-order valence-electron chi connectivity index (χ2n) is 4.34. The minimum absolute atomic E-state index is 0.0555. The number of nitrogens with one attached hydrogen (secondary N) is 1. The summed E-state index contributed by atoms with van der Waals surface area (Å²) in [5.74, 6) is -1.19. The van der Waals surface area contributed by atoms with Gasteiger partial charge in [0, 0.05) is 6.07 Å². The van der Waals surface area contributed by atoms with E-state index in [2.05, 4.69) is 14.7 Å². The number of carbonyl (C=O) groups is 1. The Balaban J connectivity index is 2.39. The second kappa shape index (κ2) is 4.75. The Morgan fingerprint density at radius 3 is 2.81 bits per heavy atom. The summed E-state index contributed by atoms with van der Waals surface area (Å²) in [6.45, 7) is -0.0555. The monoisotopic (exact) mass is 287 g/mol. The number of para-hydroxylation sites is 1. The van der Waals surface area contributed by atoms with Gasteiger partial charge in [-0.15, -0.1) is 0 Å². The Hall–Kier alpha value is -3.16. The van der Waals surface area contributed by atoms with Crippen molar-refractivity contribution in [2.24, 2.45) is 0 Å². The van der Waals surface area contributed by atoms with E-state index in [-0.39, 0.29) is 23.1 Å². The van der Waals surface area contributed by atoms with Crippen molar-refractivity contribution in [2.45, 2.75) is 6.54 Å². The fourth-order valence-corrected chi connectivity index (χ4v) is 2.14. The normalized spacial score (nSPS) is 10.9. The maximum atomic E-state index is 12.1. The highest BCUT2D eigenvalue weighted by molar-refractivity contribution is 6.00. The Bertz CT molecular complexity index is 937. The van der Waals surface area contributed by atoms with Gasteiger partial charge in [0.25, 0.3) is 0 Å². The maximum Gasteiger partial charge on any atom is 0.337 e. The highest BCUT2D eigenvalue weighted by Gasteiger charge is 2.16. The van der Waals surface area contributed by atoms with Crippen LogP contribution in [0.4, 0.5) is 0 Å². The minimum Gasteiger partial charge on any atom is -0.478 e. The van der Waals surface area contributed by atoms with Crippen molar-refractivity contribution < 1.29 is 14.4 Å². The van der Waals surface area contributed by atoms with Gasteiger partial charge in [0.15, 0.2) is 0 Å². The third kappa shape index (κ3) is 2.12. The smallest absolute Gasteiger partial charge is 0.337 e. The molecule has 0 aliphatic carbocycles. The zero-order chi connectivity index (χ0) is 15.0. The van der Waals surface area contributed by atoms with Crippen molar-refractivity contribution in [1.29, 1.82) is 0 Å². The van der Waals surface area contributed by atoms with E-state index in [1.54, 1.807) is 0 Å². The number of aromatic amines is 1. The van der Waals surface area contributed by atoms with Crippen molar-refractivity contribution in [2.75, 3.05) is 0 Å². The van der Waals surface area contributed by atoms with Gasteiger partial charge in [-0.2, -0.15) is 0 Å². The topological polar surface area (TPSA) is 118 Å². The van der Waals surface area contributed by atoms with E-state index in [1.165, 1.54) is 30.5 Å². The van der Waals surface area contributed by atoms with E-state index in [4.69, 9.17) is 0 Å². The van der Waals surface area contributed by atoms with Crippen molar-refractivity contribution in [3.05, 3.63) is 62.5 Å². The van der Waals surface area contributed by atoms with Crippen LogP contribution in [0.2, 0.25) is 0 Å². The van der Waals surface area contributed by atoms with Crippen LogP contribution in [0.3, 0.4) is 0 Å². The number of hydrogen-bond donors (Lipinski definition) is 2. The first-order chi connectivity index (χ1) is 10.1. The predicted octanol–water partition coefficient (Wildman–Crippen LogP) is 0.424. The number of fused-ring (bicyclic) bond motifs is 1. The summed E-state index contributed by atoms with van der Waals surface area (Å²) < 4.78 is 5.76. The maximum absolute atomic E-state index is 12.1. The Morgan fingerprint density at radius 1 is 1.33 bits per heavy atom. The molecule has 0 saturated carbocycles. The molecule has 106 valence electrons. The number of aromatic carboxylic acids is 1. The zero-order valence-electron chi connectivity index (χ0n) is 10.6. The van der Waals surface area contributed by atoms with Gasteiger partial charge in [0.2, 0.25) is 0 Å². The number of H-pyrrole nitrogens is 1. The summed E-state index contributed by atoms with van der Waals surface area (Å²) in [5, 5.41) is 12.9. The third-order valence-corrected chi connectivity index (χ3v) is 3.04. The lowest BCUT2D eigenvalue weighted by Gasteiger charge is -2.10. The highest BCUT2D eigenvalue weighted by Crippen LogP contribution is 2.15. The molecular formula is C13H9N3O5. The first kappa shape index (κ1) is 12.9. The second-order valence-corrected chi connectivity index (χ2v) is 4.34. The molecule has 0 bridgehead atoms. The molecule has 1 aromatic carbocycles. The molecule has 3 rings (SSSR count). The van der Waals surface area contributed by atoms with E-state index in [0.717, 1.165) is 4.57 Å². The van der Waals surface area contributed by atoms with E-state index < -0.39 is 17.1 Å². The van der Waals surface area contributed by atoms with Crippen LogP contribution in [-0.2, 0) is 6.54 Å². The molecule has 0 saturated heterocycles. The molecule has 0 unspecified atom stereocenters. The molecule has 2 heterocycles. The highest BCUT2D eigenvalue weighted by atomic mass is 16.5. The first-order valence-electron chi connectivity index (χ1n) is 5.96. The van der Waals surface area contributed by atoms with Crippen LogP contribution in [0, 0.1) is 0 Å². The number of rotatable bonds is 3. The number of carboxylic acids is 1. The molecule has 21 heavy (non-hydrogen) atoms. The molecule has 0 amide bonds. The number of hydrogen-bond acceptors (Lipinski definition) is 5. The molecule has 2 N–H and O–H groups in total. The van der Waals surface area contributed by atoms with Crippen LogP contribution >= 0.6 is 0 Å². The van der Waals surface area contributed by atoms with Gasteiger partial charge in [-0.25, -0.2) is 4.79 Å². The molecule has 3 aromatic rings. The lowest BCUT2D eigenvalue weighted by molar-refractivity contribution is 0.0698. The minimum atomic E-state index is -1.19. The molecule has 0 spiro atoms. The lowest BCUT2D eigenvalue weighted by Crippen LogP contribution is -2.37. The van der Waals surface area contributed by atoms with Crippen LogP contribution < -0.4 is 11.1 Å².